The molecule has 0 bridgehead atoms. The van der Waals surface area contributed by atoms with Crippen LogP contribution < -0.4 is 0 Å². The van der Waals surface area contributed by atoms with Crippen molar-refractivity contribution in [3.8, 4) is 5.69 Å². The van der Waals surface area contributed by atoms with Gasteiger partial charge in [0.25, 0.3) is 0 Å². The summed E-state index contributed by atoms with van der Waals surface area (Å²) in [5, 5.41) is 13.9. The normalized spacial score (nSPS) is 10.9. The minimum Gasteiger partial charge on any atom is -0.478 e. The molecule has 8 heteroatoms. The van der Waals surface area contributed by atoms with Crippen molar-refractivity contribution in [3.63, 3.8) is 0 Å². The van der Waals surface area contributed by atoms with Crippen molar-refractivity contribution in [1.29, 1.82) is 0 Å². The number of carboxylic acid groups (broad SMARTS) is 1. The highest BCUT2D eigenvalue weighted by atomic mass is 35.5. The van der Waals surface area contributed by atoms with E-state index in [4.69, 9.17) is 16.7 Å². The highest BCUT2D eigenvalue weighted by Crippen LogP contribution is 2.23. The van der Waals surface area contributed by atoms with Gasteiger partial charge in [0, 0.05) is 0 Å². The summed E-state index contributed by atoms with van der Waals surface area (Å²) < 4.78 is 14.5. The first kappa shape index (κ1) is 12.5. The fourth-order valence-electron chi connectivity index (χ4n) is 1.86. The Morgan fingerprint density at radius 1 is 1.35 bits per heavy atom. The molecular formula is C12H6ClFN4O2. The third-order valence-corrected chi connectivity index (χ3v) is 3.04. The van der Waals surface area contributed by atoms with Gasteiger partial charge in [-0.05, 0) is 18.2 Å². The molecule has 0 spiro atoms. The smallest absolute Gasteiger partial charge is 0.338 e. The molecule has 0 aliphatic rings. The average molecular weight is 293 g/mol. The SMILES string of the molecule is O=C(O)c1cc(F)ccc1-n1ncc2c(Cl)ncnc21. The van der Waals surface area contributed by atoms with Crippen molar-refractivity contribution >= 4 is 28.6 Å². The Morgan fingerprint density at radius 3 is 2.90 bits per heavy atom. The summed E-state index contributed by atoms with van der Waals surface area (Å²) in [7, 11) is 0. The molecule has 0 amide bonds. The third kappa shape index (κ3) is 1.88. The first-order valence-corrected chi connectivity index (χ1v) is 5.83. The summed E-state index contributed by atoms with van der Waals surface area (Å²) in [6, 6.07) is 3.40. The Kier molecular flexibility index (Phi) is 2.83. The fraction of sp³-hybridized carbons (Fsp3) is 0. The standard InChI is InChI=1S/C12H6ClFN4O2/c13-10-8-4-17-18(11(8)16-5-15-10)9-2-1-6(14)3-7(9)12(19)20/h1-5H,(H,19,20). The zero-order valence-electron chi connectivity index (χ0n) is 9.79. The Balaban J connectivity index is 2.31. The number of carbonyl (C=O) groups is 1. The number of rotatable bonds is 2. The van der Waals surface area contributed by atoms with E-state index in [0.717, 1.165) is 12.1 Å². The number of benzene rings is 1. The largest absolute Gasteiger partial charge is 0.478 e. The molecule has 1 aromatic carbocycles. The monoisotopic (exact) mass is 292 g/mol. The summed E-state index contributed by atoms with van der Waals surface area (Å²) in [6.45, 7) is 0. The summed E-state index contributed by atoms with van der Waals surface area (Å²) in [4.78, 5) is 19.0. The van der Waals surface area contributed by atoms with Crippen LogP contribution in [0.5, 0.6) is 0 Å². The Bertz CT molecular complexity index is 833. The molecule has 0 radical (unpaired) electrons. The van der Waals surface area contributed by atoms with Crippen LogP contribution in [0, 0.1) is 5.82 Å². The van der Waals surface area contributed by atoms with Crippen LogP contribution in [0.15, 0.2) is 30.7 Å². The summed E-state index contributed by atoms with van der Waals surface area (Å²) in [5.74, 6) is -1.90. The van der Waals surface area contributed by atoms with Crippen LogP contribution in [-0.4, -0.2) is 30.8 Å². The fourth-order valence-corrected chi connectivity index (χ4v) is 2.03. The van der Waals surface area contributed by atoms with Crippen LogP contribution in [0.25, 0.3) is 16.7 Å². The number of hydrogen-bond acceptors (Lipinski definition) is 4. The molecule has 3 rings (SSSR count). The molecule has 0 saturated heterocycles. The molecule has 0 unspecified atom stereocenters. The van der Waals surface area contributed by atoms with Crippen LogP contribution in [0.2, 0.25) is 5.15 Å². The van der Waals surface area contributed by atoms with Crippen molar-refractivity contribution < 1.29 is 14.3 Å². The molecule has 1 N–H and O–H groups in total. The molecule has 0 atom stereocenters. The molecule has 0 aliphatic carbocycles. The number of carboxylic acids is 1. The van der Waals surface area contributed by atoms with E-state index in [9.17, 15) is 9.18 Å². The minimum atomic E-state index is -1.26. The van der Waals surface area contributed by atoms with Gasteiger partial charge in [-0.25, -0.2) is 23.8 Å². The predicted octanol–water partition coefficient (Wildman–Crippen LogP) is 2.31. The van der Waals surface area contributed by atoms with Crippen LogP contribution >= 0.6 is 11.6 Å². The van der Waals surface area contributed by atoms with Crippen molar-refractivity contribution in [2.75, 3.05) is 0 Å². The van der Waals surface area contributed by atoms with Crippen molar-refractivity contribution in [2.45, 2.75) is 0 Å². The molecule has 0 aliphatic heterocycles. The lowest BCUT2D eigenvalue weighted by atomic mass is 10.1. The lowest BCUT2D eigenvalue weighted by Gasteiger charge is -2.07. The highest BCUT2D eigenvalue weighted by molar-refractivity contribution is 6.33. The zero-order valence-corrected chi connectivity index (χ0v) is 10.5. The van der Waals surface area contributed by atoms with Gasteiger partial charge in [-0.15, -0.1) is 0 Å². The van der Waals surface area contributed by atoms with E-state index in [2.05, 4.69) is 15.1 Å². The second-order valence-corrected chi connectivity index (χ2v) is 4.28. The van der Waals surface area contributed by atoms with E-state index < -0.39 is 11.8 Å². The van der Waals surface area contributed by atoms with Crippen molar-refractivity contribution in [1.82, 2.24) is 19.7 Å². The first-order chi connectivity index (χ1) is 9.58. The number of halogens is 2. The van der Waals surface area contributed by atoms with Gasteiger partial charge in [0.1, 0.15) is 17.3 Å². The van der Waals surface area contributed by atoms with Gasteiger partial charge >= 0.3 is 5.97 Å². The second-order valence-electron chi connectivity index (χ2n) is 3.92. The van der Waals surface area contributed by atoms with Gasteiger partial charge in [0.15, 0.2) is 5.65 Å². The maximum atomic E-state index is 13.2. The lowest BCUT2D eigenvalue weighted by molar-refractivity contribution is 0.0696. The maximum Gasteiger partial charge on any atom is 0.338 e. The predicted molar refractivity (Wildman–Crippen MR) is 68.6 cm³/mol. The van der Waals surface area contributed by atoms with Gasteiger partial charge in [0.2, 0.25) is 0 Å². The molecule has 2 heterocycles. The molecule has 0 saturated carbocycles. The van der Waals surface area contributed by atoms with Crippen LogP contribution in [-0.2, 0) is 0 Å². The first-order valence-electron chi connectivity index (χ1n) is 5.45. The number of aromatic carboxylic acids is 1. The third-order valence-electron chi connectivity index (χ3n) is 2.73. The quantitative estimate of drug-likeness (QED) is 0.733. The number of nitrogens with zero attached hydrogens (tertiary/aromatic N) is 4. The number of aromatic nitrogens is 4. The van der Waals surface area contributed by atoms with Gasteiger partial charge in [-0.1, -0.05) is 11.6 Å². The lowest BCUT2D eigenvalue weighted by Crippen LogP contribution is -2.07. The molecule has 2 aromatic heterocycles. The van der Waals surface area contributed by atoms with Crippen molar-refractivity contribution in [3.05, 3.63) is 47.3 Å². The van der Waals surface area contributed by atoms with Gasteiger partial charge in [-0.2, -0.15) is 5.10 Å². The minimum absolute atomic E-state index is 0.198. The number of hydrogen-bond donors (Lipinski definition) is 1. The zero-order chi connectivity index (χ0) is 14.3. The van der Waals surface area contributed by atoms with E-state index in [1.54, 1.807) is 0 Å². The van der Waals surface area contributed by atoms with E-state index in [-0.39, 0.29) is 16.4 Å². The molecule has 6 nitrogen and oxygen atoms in total. The average Bonchev–Trinajstić information content (AvgIpc) is 2.84. The summed E-state index contributed by atoms with van der Waals surface area (Å²) in [6.07, 6.45) is 2.67. The Morgan fingerprint density at radius 2 is 2.15 bits per heavy atom. The second kappa shape index (κ2) is 4.53. The molecular weight excluding hydrogens is 287 g/mol. The maximum absolute atomic E-state index is 13.2. The highest BCUT2D eigenvalue weighted by Gasteiger charge is 2.17. The van der Waals surface area contributed by atoms with Gasteiger partial charge in [0.05, 0.1) is 22.8 Å². The topological polar surface area (TPSA) is 80.9 Å². The van der Waals surface area contributed by atoms with E-state index >= 15 is 0 Å². The Hall–Kier alpha value is -2.54. The van der Waals surface area contributed by atoms with Crippen molar-refractivity contribution in [2.24, 2.45) is 0 Å². The van der Waals surface area contributed by atoms with E-state index in [1.807, 2.05) is 0 Å². The van der Waals surface area contributed by atoms with Crippen LogP contribution in [0.1, 0.15) is 10.4 Å². The van der Waals surface area contributed by atoms with Crippen LogP contribution in [0.3, 0.4) is 0 Å². The Labute approximate surface area is 116 Å². The summed E-state index contributed by atoms with van der Waals surface area (Å²) >= 11 is 5.90. The number of fused-ring (bicyclic) bond motifs is 1. The summed E-state index contributed by atoms with van der Waals surface area (Å²) in [5.41, 5.74) is 0.326. The molecule has 100 valence electrons. The molecule has 0 fully saturated rings. The van der Waals surface area contributed by atoms with Crippen LogP contribution in [0.4, 0.5) is 4.39 Å². The molecule has 20 heavy (non-hydrogen) atoms. The molecule has 3 aromatic rings. The van der Waals surface area contributed by atoms with Gasteiger partial charge < -0.3 is 5.11 Å². The van der Waals surface area contributed by atoms with E-state index in [0.29, 0.717) is 11.0 Å². The van der Waals surface area contributed by atoms with Gasteiger partial charge in [-0.3, -0.25) is 0 Å². The van der Waals surface area contributed by atoms with E-state index in [1.165, 1.54) is 23.3 Å².